The molecule has 2 heterocycles. The zero-order valence-electron chi connectivity index (χ0n) is 10.9. The molecule has 1 N–H and O–H groups in total. The molecule has 102 valence electrons. The number of carboxylic acid groups (broad SMARTS) is 1. The molecular weight excluding hydrogens is 258 g/mol. The molecule has 20 heavy (non-hydrogen) atoms. The number of imidazole rings is 1. The molecule has 1 aliphatic heterocycles. The molecule has 2 aromatic rings. The smallest absolute Gasteiger partial charge is 0.335 e. The lowest BCUT2D eigenvalue weighted by atomic mass is 10.1. The Bertz CT molecular complexity index is 705. The summed E-state index contributed by atoms with van der Waals surface area (Å²) in [5.41, 5.74) is 2.20. The highest BCUT2D eigenvalue weighted by atomic mass is 16.4. The van der Waals surface area contributed by atoms with Crippen LogP contribution < -0.4 is 4.90 Å². The van der Waals surface area contributed by atoms with Crippen LogP contribution in [0.25, 0.3) is 0 Å². The molecule has 0 saturated carbocycles. The van der Waals surface area contributed by atoms with Gasteiger partial charge in [-0.2, -0.15) is 0 Å². The van der Waals surface area contributed by atoms with Crippen molar-refractivity contribution in [3.8, 4) is 0 Å². The van der Waals surface area contributed by atoms with Crippen LogP contribution in [0.1, 0.15) is 26.4 Å². The second kappa shape index (κ2) is 4.48. The summed E-state index contributed by atoms with van der Waals surface area (Å²) in [6, 6.07) is 4.88. The molecule has 1 aromatic carbocycles. The summed E-state index contributed by atoms with van der Waals surface area (Å²) in [6.45, 7) is 0.549. The van der Waals surface area contributed by atoms with Crippen molar-refractivity contribution in [2.75, 3.05) is 11.4 Å². The van der Waals surface area contributed by atoms with Gasteiger partial charge in [-0.15, -0.1) is 0 Å². The fourth-order valence-corrected chi connectivity index (χ4v) is 2.38. The predicted molar refractivity (Wildman–Crippen MR) is 72.0 cm³/mol. The van der Waals surface area contributed by atoms with E-state index < -0.39 is 5.97 Å². The number of benzene rings is 1. The first-order valence-corrected chi connectivity index (χ1v) is 6.22. The number of amides is 1. The van der Waals surface area contributed by atoms with Crippen molar-refractivity contribution in [1.82, 2.24) is 9.55 Å². The summed E-state index contributed by atoms with van der Waals surface area (Å²) >= 11 is 0. The zero-order valence-corrected chi connectivity index (χ0v) is 10.9. The molecule has 0 bridgehead atoms. The highest BCUT2D eigenvalue weighted by Gasteiger charge is 2.27. The third-order valence-corrected chi connectivity index (χ3v) is 3.40. The van der Waals surface area contributed by atoms with E-state index in [1.54, 1.807) is 47.2 Å². The van der Waals surface area contributed by atoms with Crippen LogP contribution in [-0.4, -0.2) is 33.1 Å². The first-order chi connectivity index (χ1) is 9.56. The average molecular weight is 271 g/mol. The van der Waals surface area contributed by atoms with Gasteiger partial charge in [-0.1, -0.05) is 6.07 Å². The lowest BCUT2D eigenvalue weighted by molar-refractivity contribution is 0.0696. The molecular formula is C14H13N3O3. The molecule has 1 aliphatic rings. The van der Waals surface area contributed by atoms with E-state index in [0.717, 1.165) is 12.0 Å². The van der Waals surface area contributed by atoms with E-state index in [1.165, 1.54) is 0 Å². The quantitative estimate of drug-likeness (QED) is 0.893. The molecule has 0 spiro atoms. The Balaban J connectivity index is 1.97. The number of carboxylic acids is 1. The van der Waals surface area contributed by atoms with Gasteiger partial charge in [0, 0.05) is 25.5 Å². The zero-order chi connectivity index (χ0) is 14.3. The fraction of sp³-hybridized carbons (Fsp3) is 0.214. The lowest BCUT2D eigenvalue weighted by Gasteiger charge is -2.16. The Morgan fingerprint density at radius 1 is 1.35 bits per heavy atom. The van der Waals surface area contributed by atoms with Crippen LogP contribution in [0.15, 0.2) is 30.7 Å². The summed E-state index contributed by atoms with van der Waals surface area (Å²) in [5, 5.41) is 9.04. The monoisotopic (exact) mass is 271 g/mol. The summed E-state index contributed by atoms with van der Waals surface area (Å²) < 4.78 is 1.71. The maximum Gasteiger partial charge on any atom is 0.335 e. The maximum absolute atomic E-state index is 12.4. The Kier molecular flexibility index (Phi) is 2.78. The van der Waals surface area contributed by atoms with Crippen molar-refractivity contribution >= 4 is 17.6 Å². The van der Waals surface area contributed by atoms with Crippen LogP contribution in [0.2, 0.25) is 0 Å². The normalized spacial score (nSPS) is 13.3. The summed E-state index contributed by atoms with van der Waals surface area (Å²) in [5.74, 6) is -1.20. The van der Waals surface area contributed by atoms with Crippen molar-refractivity contribution in [2.45, 2.75) is 6.42 Å². The number of hydrogen-bond donors (Lipinski definition) is 1. The largest absolute Gasteiger partial charge is 0.478 e. The van der Waals surface area contributed by atoms with E-state index in [-0.39, 0.29) is 11.5 Å². The predicted octanol–water partition coefficient (Wildman–Crippen LogP) is 1.32. The van der Waals surface area contributed by atoms with Gasteiger partial charge in [-0.3, -0.25) is 4.79 Å². The van der Waals surface area contributed by atoms with E-state index in [4.69, 9.17) is 5.11 Å². The number of carbonyl (C=O) groups is 2. The number of anilines is 1. The van der Waals surface area contributed by atoms with Gasteiger partial charge in [0.05, 0.1) is 11.9 Å². The van der Waals surface area contributed by atoms with Gasteiger partial charge in [0.2, 0.25) is 0 Å². The van der Waals surface area contributed by atoms with E-state index >= 15 is 0 Å². The fourth-order valence-electron chi connectivity index (χ4n) is 2.38. The van der Waals surface area contributed by atoms with Crippen LogP contribution >= 0.6 is 0 Å². The van der Waals surface area contributed by atoms with Gasteiger partial charge >= 0.3 is 5.97 Å². The Morgan fingerprint density at radius 2 is 2.15 bits per heavy atom. The number of hydrogen-bond acceptors (Lipinski definition) is 3. The van der Waals surface area contributed by atoms with Crippen LogP contribution in [0.4, 0.5) is 5.69 Å². The van der Waals surface area contributed by atoms with Crippen molar-refractivity contribution in [2.24, 2.45) is 7.05 Å². The second-order valence-corrected chi connectivity index (χ2v) is 4.78. The Labute approximate surface area is 115 Å². The summed E-state index contributed by atoms with van der Waals surface area (Å²) in [4.78, 5) is 29.1. The number of aryl methyl sites for hydroxylation is 1. The first kappa shape index (κ1) is 12.4. The topological polar surface area (TPSA) is 75.4 Å². The first-order valence-electron chi connectivity index (χ1n) is 6.22. The van der Waals surface area contributed by atoms with Crippen molar-refractivity contribution < 1.29 is 14.7 Å². The molecule has 0 saturated heterocycles. The molecule has 0 atom stereocenters. The van der Waals surface area contributed by atoms with Crippen LogP contribution in [0.5, 0.6) is 0 Å². The van der Waals surface area contributed by atoms with Gasteiger partial charge in [0.25, 0.3) is 5.91 Å². The van der Waals surface area contributed by atoms with E-state index in [2.05, 4.69) is 4.98 Å². The molecule has 0 aliphatic carbocycles. The number of rotatable bonds is 2. The standard InChI is InChI=1S/C14H13N3O3/c1-16-7-11(15-8-16)13(18)17-5-4-9-2-3-10(14(19)20)6-12(9)17/h2-3,6-8H,4-5H2,1H3,(H,19,20). The number of nitrogens with zero attached hydrogens (tertiary/aromatic N) is 3. The SMILES string of the molecule is Cn1cnc(C(=O)N2CCc3ccc(C(=O)O)cc32)c1. The molecule has 0 radical (unpaired) electrons. The second-order valence-electron chi connectivity index (χ2n) is 4.78. The van der Waals surface area contributed by atoms with E-state index in [1.807, 2.05) is 0 Å². The minimum atomic E-state index is -0.995. The van der Waals surface area contributed by atoms with Gasteiger partial charge in [0.15, 0.2) is 0 Å². The summed E-state index contributed by atoms with van der Waals surface area (Å²) in [6.07, 6.45) is 3.95. The van der Waals surface area contributed by atoms with Gasteiger partial charge < -0.3 is 14.6 Å². The number of carbonyl (C=O) groups excluding carboxylic acids is 1. The van der Waals surface area contributed by atoms with Crippen molar-refractivity contribution in [3.63, 3.8) is 0 Å². The molecule has 0 unspecified atom stereocenters. The molecule has 1 aromatic heterocycles. The van der Waals surface area contributed by atoms with Crippen molar-refractivity contribution in [3.05, 3.63) is 47.5 Å². The molecule has 1 amide bonds. The highest BCUT2D eigenvalue weighted by molar-refractivity contribution is 6.06. The molecule has 0 fully saturated rings. The number of aromatic carboxylic acids is 1. The van der Waals surface area contributed by atoms with Crippen molar-refractivity contribution in [1.29, 1.82) is 0 Å². The maximum atomic E-state index is 12.4. The Hall–Kier alpha value is -2.63. The van der Waals surface area contributed by atoms with Crippen LogP contribution in [-0.2, 0) is 13.5 Å². The molecule has 6 heteroatoms. The van der Waals surface area contributed by atoms with Gasteiger partial charge in [-0.25, -0.2) is 9.78 Å². The number of aromatic nitrogens is 2. The average Bonchev–Trinajstić information content (AvgIpc) is 3.03. The minimum Gasteiger partial charge on any atom is -0.478 e. The van der Waals surface area contributed by atoms with Gasteiger partial charge in [-0.05, 0) is 24.1 Å². The third-order valence-electron chi connectivity index (χ3n) is 3.40. The van der Waals surface area contributed by atoms with Gasteiger partial charge in [0.1, 0.15) is 5.69 Å². The van der Waals surface area contributed by atoms with E-state index in [9.17, 15) is 9.59 Å². The van der Waals surface area contributed by atoms with E-state index in [0.29, 0.717) is 17.9 Å². The minimum absolute atomic E-state index is 0.185. The van der Waals surface area contributed by atoms with Crippen LogP contribution in [0.3, 0.4) is 0 Å². The molecule has 6 nitrogen and oxygen atoms in total. The highest BCUT2D eigenvalue weighted by Crippen LogP contribution is 2.30. The third kappa shape index (κ3) is 1.95. The Morgan fingerprint density at radius 3 is 2.80 bits per heavy atom. The molecule has 3 rings (SSSR count). The number of fused-ring (bicyclic) bond motifs is 1. The summed E-state index contributed by atoms with van der Waals surface area (Å²) in [7, 11) is 1.80. The lowest BCUT2D eigenvalue weighted by Crippen LogP contribution is -2.29. The van der Waals surface area contributed by atoms with Crippen LogP contribution in [0, 0.1) is 0 Å².